The molecular formula is C11H22BrN. The molecule has 0 N–H and O–H groups in total. The normalized spacial score (nSPS) is 20.3. The first kappa shape index (κ1) is 11.5. The van der Waals surface area contributed by atoms with Gasteiger partial charge in [0.1, 0.15) is 0 Å². The van der Waals surface area contributed by atoms with Gasteiger partial charge in [-0.05, 0) is 18.8 Å². The fourth-order valence-corrected chi connectivity index (χ4v) is 2.27. The van der Waals surface area contributed by atoms with Gasteiger partial charge in [0.2, 0.25) is 0 Å². The van der Waals surface area contributed by atoms with E-state index < -0.39 is 0 Å². The Kier molecular flexibility index (Phi) is 5.34. The van der Waals surface area contributed by atoms with E-state index in [4.69, 9.17) is 0 Å². The molecule has 1 aliphatic rings. The molecule has 0 amide bonds. The molecule has 13 heavy (non-hydrogen) atoms. The highest BCUT2D eigenvalue weighted by Crippen LogP contribution is 2.25. The molecule has 0 aromatic carbocycles. The Morgan fingerprint density at radius 3 is 2.54 bits per heavy atom. The van der Waals surface area contributed by atoms with Crippen LogP contribution in [0.5, 0.6) is 0 Å². The third kappa shape index (κ3) is 3.59. The van der Waals surface area contributed by atoms with Crippen molar-refractivity contribution < 1.29 is 0 Å². The Labute approximate surface area is 91.0 Å². The lowest BCUT2D eigenvalue weighted by atomic mass is 9.90. The second-order valence-electron chi connectivity index (χ2n) is 4.28. The van der Waals surface area contributed by atoms with Crippen molar-refractivity contribution in [2.75, 3.05) is 18.4 Å². The van der Waals surface area contributed by atoms with Crippen LogP contribution in [0.2, 0.25) is 0 Å². The number of hydrogen-bond acceptors (Lipinski definition) is 1. The fourth-order valence-electron chi connectivity index (χ4n) is 1.81. The van der Waals surface area contributed by atoms with Crippen LogP contribution in [0.3, 0.4) is 0 Å². The highest BCUT2D eigenvalue weighted by atomic mass is 79.9. The summed E-state index contributed by atoms with van der Waals surface area (Å²) in [6, 6.07) is 0.909. The summed E-state index contributed by atoms with van der Waals surface area (Å²) in [5.74, 6) is 0.861. The number of hydrogen-bond donors (Lipinski definition) is 0. The molecule has 1 rings (SSSR count). The lowest BCUT2D eigenvalue weighted by molar-refractivity contribution is 0.117. The molecule has 1 aliphatic carbocycles. The average Bonchev–Trinajstić information content (AvgIpc) is 2.01. The van der Waals surface area contributed by atoms with Gasteiger partial charge in [0.25, 0.3) is 0 Å². The molecule has 1 nitrogen and oxygen atoms in total. The van der Waals surface area contributed by atoms with Gasteiger partial charge in [0, 0.05) is 24.5 Å². The van der Waals surface area contributed by atoms with E-state index in [0.29, 0.717) is 0 Å². The molecular weight excluding hydrogens is 226 g/mol. The summed E-state index contributed by atoms with van der Waals surface area (Å²) in [6.07, 6.45) is 5.63. The highest BCUT2D eigenvalue weighted by molar-refractivity contribution is 9.09. The van der Waals surface area contributed by atoms with Crippen molar-refractivity contribution in [3.8, 4) is 0 Å². The molecule has 0 heterocycles. The van der Waals surface area contributed by atoms with E-state index in [9.17, 15) is 0 Å². The van der Waals surface area contributed by atoms with Crippen molar-refractivity contribution >= 4 is 15.9 Å². The Bertz CT molecular complexity index is 134. The van der Waals surface area contributed by atoms with Gasteiger partial charge in [-0.25, -0.2) is 0 Å². The molecule has 0 spiro atoms. The topological polar surface area (TPSA) is 3.24 Å². The Hall–Kier alpha value is 0.440. The summed E-state index contributed by atoms with van der Waals surface area (Å²) in [5, 5.41) is 1.12. The Morgan fingerprint density at radius 1 is 1.46 bits per heavy atom. The van der Waals surface area contributed by atoms with Gasteiger partial charge in [-0.1, -0.05) is 42.6 Å². The maximum Gasteiger partial charge on any atom is 0.0159 e. The van der Waals surface area contributed by atoms with E-state index in [1.54, 1.807) is 0 Å². The maximum atomic E-state index is 3.54. The van der Waals surface area contributed by atoms with Crippen LogP contribution in [0.15, 0.2) is 0 Å². The van der Waals surface area contributed by atoms with Crippen molar-refractivity contribution in [2.24, 2.45) is 5.92 Å². The average molecular weight is 248 g/mol. The quantitative estimate of drug-likeness (QED) is 0.652. The SMILES string of the molecule is CCC(C)CN(CCBr)C1CCC1. The molecule has 1 fully saturated rings. The van der Waals surface area contributed by atoms with Gasteiger partial charge in [-0.2, -0.15) is 0 Å². The molecule has 1 unspecified atom stereocenters. The van der Waals surface area contributed by atoms with Crippen LogP contribution in [0.4, 0.5) is 0 Å². The zero-order valence-corrected chi connectivity index (χ0v) is 10.5. The molecule has 1 saturated carbocycles. The number of halogens is 1. The summed E-state index contributed by atoms with van der Waals surface area (Å²) in [6.45, 7) is 7.18. The smallest absolute Gasteiger partial charge is 0.0159 e. The summed E-state index contributed by atoms with van der Waals surface area (Å²) in [7, 11) is 0. The van der Waals surface area contributed by atoms with E-state index in [2.05, 4.69) is 34.7 Å². The predicted octanol–water partition coefficient (Wildman–Crippen LogP) is 3.28. The van der Waals surface area contributed by atoms with Gasteiger partial charge in [-0.15, -0.1) is 0 Å². The summed E-state index contributed by atoms with van der Waals surface area (Å²) in [5.41, 5.74) is 0. The van der Waals surface area contributed by atoms with Crippen LogP contribution in [0, 0.1) is 5.92 Å². The van der Waals surface area contributed by atoms with Crippen LogP contribution in [-0.2, 0) is 0 Å². The van der Waals surface area contributed by atoms with Gasteiger partial charge >= 0.3 is 0 Å². The van der Waals surface area contributed by atoms with Gasteiger partial charge in [0.05, 0.1) is 0 Å². The van der Waals surface area contributed by atoms with E-state index in [0.717, 1.165) is 17.3 Å². The first-order valence-corrected chi connectivity index (χ1v) is 6.70. The third-order valence-corrected chi connectivity index (χ3v) is 3.56. The second kappa shape index (κ2) is 6.02. The van der Waals surface area contributed by atoms with E-state index in [1.807, 2.05) is 0 Å². The van der Waals surface area contributed by atoms with E-state index in [1.165, 1.54) is 38.8 Å². The highest BCUT2D eigenvalue weighted by Gasteiger charge is 2.24. The molecule has 0 aliphatic heterocycles. The van der Waals surface area contributed by atoms with Crippen LogP contribution in [0.25, 0.3) is 0 Å². The number of alkyl halides is 1. The molecule has 0 aromatic rings. The first-order chi connectivity index (χ1) is 6.27. The van der Waals surface area contributed by atoms with Crippen molar-refractivity contribution in [3.05, 3.63) is 0 Å². The molecule has 2 heteroatoms. The Morgan fingerprint density at radius 2 is 2.15 bits per heavy atom. The largest absolute Gasteiger partial charge is 0.299 e. The maximum absolute atomic E-state index is 3.54. The fraction of sp³-hybridized carbons (Fsp3) is 1.00. The molecule has 0 aromatic heterocycles. The Balaban J connectivity index is 2.28. The van der Waals surface area contributed by atoms with Crippen LogP contribution < -0.4 is 0 Å². The minimum absolute atomic E-state index is 0.861. The molecule has 0 radical (unpaired) electrons. The van der Waals surface area contributed by atoms with E-state index >= 15 is 0 Å². The molecule has 1 atom stereocenters. The molecule has 78 valence electrons. The van der Waals surface area contributed by atoms with Crippen LogP contribution in [0.1, 0.15) is 39.5 Å². The first-order valence-electron chi connectivity index (χ1n) is 5.58. The third-order valence-electron chi connectivity index (χ3n) is 3.21. The standard InChI is InChI=1S/C11H22BrN/c1-3-10(2)9-13(8-7-12)11-5-4-6-11/h10-11H,3-9H2,1-2H3. The van der Waals surface area contributed by atoms with Crippen LogP contribution in [-0.4, -0.2) is 29.4 Å². The lowest BCUT2D eigenvalue weighted by Crippen LogP contribution is -2.43. The summed E-state index contributed by atoms with van der Waals surface area (Å²) in [4.78, 5) is 2.67. The number of nitrogens with zero attached hydrogens (tertiary/aromatic N) is 1. The van der Waals surface area contributed by atoms with Crippen molar-refractivity contribution in [3.63, 3.8) is 0 Å². The second-order valence-corrected chi connectivity index (χ2v) is 5.08. The van der Waals surface area contributed by atoms with Crippen molar-refractivity contribution in [2.45, 2.75) is 45.6 Å². The number of rotatable bonds is 6. The zero-order chi connectivity index (χ0) is 9.68. The monoisotopic (exact) mass is 247 g/mol. The summed E-state index contributed by atoms with van der Waals surface area (Å²) >= 11 is 3.54. The van der Waals surface area contributed by atoms with Crippen LogP contribution >= 0.6 is 15.9 Å². The van der Waals surface area contributed by atoms with E-state index in [-0.39, 0.29) is 0 Å². The minimum Gasteiger partial charge on any atom is -0.299 e. The van der Waals surface area contributed by atoms with Crippen molar-refractivity contribution in [1.29, 1.82) is 0 Å². The van der Waals surface area contributed by atoms with Crippen molar-refractivity contribution in [1.82, 2.24) is 4.90 Å². The van der Waals surface area contributed by atoms with Gasteiger partial charge in [0.15, 0.2) is 0 Å². The van der Waals surface area contributed by atoms with Gasteiger partial charge in [-0.3, -0.25) is 4.90 Å². The summed E-state index contributed by atoms with van der Waals surface area (Å²) < 4.78 is 0. The molecule has 0 saturated heterocycles. The molecule has 0 bridgehead atoms. The minimum atomic E-state index is 0.861. The lowest BCUT2D eigenvalue weighted by Gasteiger charge is -2.38. The van der Waals surface area contributed by atoms with Gasteiger partial charge < -0.3 is 0 Å². The predicted molar refractivity (Wildman–Crippen MR) is 62.5 cm³/mol. The zero-order valence-electron chi connectivity index (χ0n) is 8.93.